The smallest absolute Gasteiger partial charge is 0.243 e. The second-order valence-corrected chi connectivity index (χ2v) is 9.56. The first kappa shape index (κ1) is 19.2. The number of aromatic nitrogens is 1. The molecule has 0 radical (unpaired) electrons. The Kier molecular flexibility index (Phi) is 5.29. The zero-order valence-electron chi connectivity index (χ0n) is 16.3. The highest BCUT2D eigenvalue weighted by Crippen LogP contribution is 2.35. The SMILES string of the molecule is Cn1cccc1[C@@H]1CCCCCN1S(=O)(=O)c1ccc(N2CCCC2=O)cc1. The molecule has 0 N–H and O–H groups in total. The molecule has 1 aromatic heterocycles. The number of aryl methyl sites for hydroxylation is 1. The third-order valence-corrected chi connectivity index (χ3v) is 7.78. The van der Waals surface area contributed by atoms with E-state index >= 15 is 0 Å². The lowest BCUT2D eigenvalue weighted by Gasteiger charge is -2.30. The second-order valence-electron chi connectivity index (χ2n) is 7.67. The fraction of sp³-hybridized carbons (Fsp3) is 0.476. The van der Waals surface area contributed by atoms with Crippen molar-refractivity contribution >= 4 is 21.6 Å². The minimum atomic E-state index is -3.61. The Labute approximate surface area is 166 Å². The number of amides is 1. The Morgan fingerprint density at radius 1 is 0.964 bits per heavy atom. The van der Waals surface area contributed by atoms with Crippen LogP contribution < -0.4 is 4.90 Å². The predicted molar refractivity (Wildman–Crippen MR) is 109 cm³/mol. The van der Waals surface area contributed by atoms with Gasteiger partial charge in [-0.25, -0.2) is 8.42 Å². The van der Waals surface area contributed by atoms with Crippen LogP contribution in [0.15, 0.2) is 47.5 Å². The summed E-state index contributed by atoms with van der Waals surface area (Å²) >= 11 is 0. The quantitative estimate of drug-likeness (QED) is 0.788. The highest BCUT2D eigenvalue weighted by molar-refractivity contribution is 7.89. The fourth-order valence-corrected chi connectivity index (χ4v) is 6.01. The van der Waals surface area contributed by atoms with Crippen molar-refractivity contribution in [2.75, 3.05) is 18.0 Å². The average Bonchev–Trinajstić information content (AvgIpc) is 3.22. The molecule has 0 bridgehead atoms. The Hall–Kier alpha value is -2.12. The van der Waals surface area contributed by atoms with Gasteiger partial charge in [-0.3, -0.25) is 4.79 Å². The standard InChI is InChI=1S/C21H27N3O3S/c1-22-14-5-8-19(22)20-7-3-2-4-16-24(20)28(26,27)18-12-10-17(11-13-18)23-15-6-9-21(23)25/h5,8,10-14,20H,2-4,6-7,9,15-16H2,1H3/t20-/m0/s1. The molecular formula is C21H27N3O3S. The molecule has 1 aromatic carbocycles. The molecule has 3 heterocycles. The Bertz CT molecular complexity index is 950. The Balaban J connectivity index is 1.65. The van der Waals surface area contributed by atoms with Gasteiger partial charge in [-0.1, -0.05) is 12.8 Å². The summed E-state index contributed by atoms with van der Waals surface area (Å²) in [6, 6.07) is 10.6. The first-order valence-electron chi connectivity index (χ1n) is 10.0. The molecule has 6 nitrogen and oxygen atoms in total. The first-order chi connectivity index (χ1) is 13.5. The van der Waals surface area contributed by atoms with Crippen LogP contribution in [0.1, 0.15) is 50.3 Å². The molecule has 0 aliphatic carbocycles. The second kappa shape index (κ2) is 7.72. The summed E-state index contributed by atoms with van der Waals surface area (Å²) in [5.41, 5.74) is 1.81. The van der Waals surface area contributed by atoms with Gasteiger partial charge in [0.15, 0.2) is 0 Å². The molecule has 2 fully saturated rings. The molecule has 4 rings (SSSR count). The summed E-state index contributed by atoms with van der Waals surface area (Å²) in [6.45, 7) is 1.23. The van der Waals surface area contributed by atoms with Crippen LogP contribution in [0, 0.1) is 0 Å². The van der Waals surface area contributed by atoms with Gasteiger partial charge in [-0.15, -0.1) is 0 Å². The number of carbonyl (C=O) groups excluding carboxylic acids is 1. The minimum absolute atomic E-state index is 0.104. The van der Waals surface area contributed by atoms with E-state index in [1.807, 2.05) is 29.9 Å². The summed E-state index contributed by atoms with van der Waals surface area (Å²) in [6.07, 6.45) is 7.16. The summed E-state index contributed by atoms with van der Waals surface area (Å²) in [5, 5.41) is 0. The molecule has 0 unspecified atom stereocenters. The van der Waals surface area contributed by atoms with Crippen LogP contribution >= 0.6 is 0 Å². The molecule has 0 spiro atoms. The number of carbonyl (C=O) groups is 1. The summed E-state index contributed by atoms with van der Waals surface area (Å²) in [5.74, 6) is 0.104. The number of hydrogen-bond donors (Lipinski definition) is 0. The maximum absolute atomic E-state index is 13.5. The van der Waals surface area contributed by atoms with E-state index in [1.54, 1.807) is 33.5 Å². The lowest BCUT2D eigenvalue weighted by Crippen LogP contribution is -2.35. The normalized spacial score (nSPS) is 21.8. The van der Waals surface area contributed by atoms with Crippen molar-refractivity contribution in [3.05, 3.63) is 48.3 Å². The molecule has 1 atom stereocenters. The van der Waals surface area contributed by atoms with Crippen LogP contribution in [-0.2, 0) is 21.9 Å². The van der Waals surface area contributed by atoms with Gasteiger partial charge in [0.25, 0.3) is 0 Å². The van der Waals surface area contributed by atoms with Crippen molar-refractivity contribution in [1.82, 2.24) is 8.87 Å². The predicted octanol–water partition coefficient (Wildman–Crippen LogP) is 3.46. The van der Waals surface area contributed by atoms with Crippen molar-refractivity contribution in [3.63, 3.8) is 0 Å². The third-order valence-electron chi connectivity index (χ3n) is 5.86. The summed E-state index contributed by atoms with van der Waals surface area (Å²) in [4.78, 5) is 14.0. The van der Waals surface area contributed by atoms with Gasteiger partial charge < -0.3 is 9.47 Å². The Morgan fingerprint density at radius 3 is 2.39 bits per heavy atom. The van der Waals surface area contributed by atoms with Crippen molar-refractivity contribution in [2.45, 2.75) is 49.5 Å². The van der Waals surface area contributed by atoms with Gasteiger partial charge in [0, 0.05) is 44.1 Å². The van der Waals surface area contributed by atoms with Crippen LogP contribution in [0.25, 0.3) is 0 Å². The summed E-state index contributed by atoms with van der Waals surface area (Å²) < 4.78 is 30.7. The number of hydrogen-bond acceptors (Lipinski definition) is 3. The van der Waals surface area contributed by atoms with Crippen molar-refractivity contribution in [1.29, 1.82) is 0 Å². The maximum Gasteiger partial charge on any atom is 0.243 e. The maximum atomic E-state index is 13.5. The molecule has 2 saturated heterocycles. The molecule has 28 heavy (non-hydrogen) atoms. The largest absolute Gasteiger partial charge is 0.353 e. The van der Waals surface area contributed by atoms with E-state index in [-0.39, 0.29) is 11.9 Å². The zero-order valence-corrected chi connectivity index (χ0v) is 17.1. The molecule has 150 valence electrons. The molecule has 0 saturated carbocycles. The molecular weight excluding hydrogens is 374 g/mol. The van der Waals surface area contributed by atoms with Crippen LogP contribution in [0.4, 0.5) is 5.69 Å². The van der Waals surface area contributed by atoms with E-state index in [0.717, 1.165) is 43.5 Å². The summed E-state index contributed by atoms with van der Waals surface area (Å²) in [7, 11) is -1.65. The fourth-order valence-electron chi connectivity index (χ4n) is 4.34. The van der Waals surface area contributed by atoms with Gasteiger partial charge in [-0.2, -0.15) is 4.31 Å². The van der Waals surface area contributed by atoms with Crippen LogP contribution in [-0.4, -0.2) is 36.3 Å². The monoisotopic (exact) mass is 401 g/mol. The third kappa shape index (κ3) is 3.49. The zero-order chi connectivity index (χ0) is 19.7. The van der Waals surface area contributed by atoms with E-state index in [9.17, 15) is 13.2 Å². The van der Waals surface area contributed by atoms with E-state index in [2.05, 4.69) is 0 Å². The number of benzene rings is 1. The highest BCUT2D eigenvalue weighted by Gasteiger charge is 2.34. The first-order valence-corrected chi connectivity index (χ1v) is 11.5. The minimum Gasteiger partial charge on any atom is -0.353 e. The van der Waals surface area contributed by atoms with Gasteiger partial charge >= 0.3 is 0 Å². The topological polar surface area (TPSA) is 62.6 Å². The molecule has 7 heteroatoms. The lowest BCUT2D eigenvalue weighted by atomic mass is 10.1. The van der Waals surface area contributed by atoms with E-state index in [0.29, 0.717) is 24.4 Å². The molecule has 1 amide bonds. The van der Waals surface area contributed by atoms with Crippen molar-refractivity contribution in [3.8, 4) is 0 Å². The molecule has 2 aliphatic heterocycles. The van der Waals surface area contributed by atoms with E-state index in [1.165, 1.54) is 0 Å². The lowest BCUT2D eigenvalue weighted by molar-refractivity contribution is -0.117. The average molecular weight is 402 g/mol. The number of sulfonamides is 1. The molecule has 2 aliphatic rings. The molecule has 2 aromatic rings. The van der Waals surface area contributed by atoms with Crippen molar-refractivity contribution in [2.24, 2.45) is 7.05 Å². The van der Waals surface area contributed by atoms with Crippen LogP contribution in [0.3, 0.4) is 0 Å². The van der Waals surface area contributed by atoms with Gasteiger partial charge in [0.2, 0.25) is 15.9 Å². The van der Waals surface area contributed by atoms with Gasteiger partial charge in [0.1, 0.15) is 0 Å². The van der Waals surface area contributed by atoms with Gasteiger partial charge in [0.05, 0.1) is 10.9 Å². The van der Waals surface area contributed by atoms with Crippen LogP contribution in [0.2, 0.25) is 0 Å². The highest BCUT2D eigenvalue weighted by atomic mass is 32.2. The number of rotatable bonds is 4. The van der Waals surface area contributed by atoms with E-state index < -0.39 is 10.0 Å². The van der Waals surface area contributed by atoms with Gasteiger partial charge in [-0.05, 0) is 55.7 Å². The van der Waals surface area contributed by atoms with Crippen LogP contribution in [0.5, 0.6) is 0 Å². The Morgan fingerprint density at radius 2 is 1.75 bits per heavy atom. The number of nitrogens with zero attached hydrogens (tertiary/aromatic N) is 3. The number of anilines is 1. The van der Waals surface area contributed by atoms with Crippen molar-refractivity contribution < 1.29 is 13.2 Å². The van der Waals surface area contributed by atoms with E-state index in [4.69, 9.17) is 0 Å².